The first-order valence-corrected chi connectivity index (χ1v) is 14.0. The lowest BCUT2D eigenvalue weighted by Crippen LogP contribution is -2.52. The van der Waals surface area contributed by atoms with E-state index in [0.29, 0.717) is 41.0 Å². The first-order chi connectivity index (χ1) is 18.6. The van der Waals surface area contributed by atoms with E-state index in [4.69, 9.17) is 9.73 Å². The Morgan fingerprint density at radius 3 is 2.56 bits per heavy atom. The number of ether oxygens (including phenoxy) is 1. The Morgan fingerprint density at radius 1 is 1.15 bits per heavy atom. The van der Waals surface area contributed by atoms with E-state index in [1.165, 1.54) is 25.3 Å². The molecule has 3 rings (SSSR count). The van der Waals surface area contributed by atoms with Crippen LogP contribution in [0.4, 0.5) is 17.1 Å². The molecule has 2 heterocycles. The van der Waals surface area contributed by atoms with Crippen LogP contribution < -0.4 is 25.6 Å². The predicted molar refractivity (Wildman–Crippen MR) is 166 cm³/mol. The number of benzene rings is 1. The van der Waals surface area contributed by atoms with Crippen LogP contribution in [0.2, 0.25) is 5.31 Å². The molecule has 2 aliphatic rings. The second-order valence-electron chi connectivity index (χ2n) is 11.4. The summed E-state index contributed by atoms with van der Waals surface area (Å²) in [6.07, 6.45) is 9.06. The van der Waals surface area contributed by atoms with Gasteiger partial charge in [-0.05, 0) is 57.4 Å². The van der Waals surface area contributed by atoms with Gasteiger partial charge in [0.1, 0.15) is 13.0 Å². The van der Waals surface area contributed by atoms with Crippen LogP contribution in [-0.2, 0) is 4.79 Å². The molecule has 0 aromatic heterocycles. The smallest absolute Gasteiger partial charge is 0.247 e. The molecule has 1 amide bonds. The molecular weight excluding hydrogens is 489 g/mol. The van der Waals surface area contributed by atoms with Crippen LogP contribution >= 0.6 is 0 Å². The van der Waals surface area contributed by atoms with Crippen molar-refractivity contribution in [2.75, 3.05) is 63.5 Å². The molecule has 10 heteroatoms. The van der Waals surface area contributed by atoms with Crippen molar-refractivity contribution in [1.82, 2.24) is 10.2 Å². The van der Waals surface area contributed by atoms with Gasteiger partial charge in [0.2, 0.25) is 11.9 Å². The molecule has 0 spiro atoms. The average molecular weight is 537 g/mol. The molecule has 1 radical (unpaired) electrons. The van der Waals surface area contributed by atoms with Gasteiger partial charge in [0, 0.05) is 32.4 Å². The fourth-order valence-corrected chi connectivity index (χ4v) is 5.78. The Hall–Kier alpha value is -2.85. The molecule has 2 unspecified atom stereocenters. The molecule has 2 fully saturated rings. The summed E-state index contributed by atoms with van der Waals surface area (Å²) >= 11 is 0. The number of hydrogen-bond donors (Lipinski definition) is 3. The monoisotopic (exact) mass is 536 g/mol. The Kier molecular flexibility index (Phi) is 10.6. The van der Waals surface area contributed by atoms with E-state index in [-0.39, 0.29) is 11.3 Å². The number of amides is 1. The Labute approximate surface area is 235 Å². The van der Waals surface area contributed by atoms with Crippen LogP contribution in [0.15, 0.2) is 34.8 Å². The third kappa shape index (κ3) is 7.63. The summed E-state index contributed by atoms with van der Waals surface area (Å²) in [5.74, 6) is 1.47. The van der Waals surface area contributed by atoms with E-state index in [0.717, 1.165) is 31.6 Å². The van der Waals surface area contributed by atoms with Gasteiger partial charge in [-0.1, -0.05) is 45.0 Å². The number of guanidine groups is 1. The van der Waals surface area contributed by atoms with Gasteiger partial charge < -0.3 is 30.5 Å². The summed E-state index contributed by atoms with van der Waals surface area (Å²) in [6, 6.07) is 3.78. The van der Waals surface area contributed by atoms with Crippen LogP contribution in [0.1, 0.15) is 52.9 Å². The lowest BCUT2D eigenvalue weighted by atomic mass is 9.39. The zero-order valence-corrected chi connectivity index (χ0v) is 24.9. The second-order valence-corrected chi connectivity index (χ2v) is 11.4. The van der Waals surface area contributed by atoms with Crippen molar-refractivity contribution in [1.29, 1.82) is 0 Å². The molecule has 1 aromatic rings. The minimum atomic E-state index is -0.282. The van der Waals surface area contributed by atoms with Crippen molar-refractivity contribution >= 4 is 42.4 Å². The van der Waals surface area contributed by atoms with E-state index in [2.05, 4.69) is 58.4 Å². The Balaban J connectivity index is 1.82. The zero-order valence-electron chi connectivity index (χ0n) is 24.9. The largest absolute Gasteiger partial charge is 0.494 e. The fourth-order valence-electron chi connectivity index (χ4n) is 5.78. The van der Waals surface area contributed by atoms with Crippen molar-refractivity contribution in [3.8, 4) is 5.75 Å². The van der Waals surface area contributed by atoms with Gasteiger partial charge in [0.05, 0.1) is 30.8 Å². The van der Waals surface area contributed by atoms with Gasteiger partial charge in [-0.25, -0.2) is 9.98 Å². The number of aliphatic imine (C=N–C) groups is 2. The summed E-state index contributed by atoms with van der Waals surface area (Å²) in [6.45, 7) is 12.2. The van der Waals surface area contributed by atoms with Crippen LogP contribution in [0.3, 0.4) is 0 Å². The number of methoxy groups -OCH3 is 1. The topological polar surface area (TPSA) is 93.6 Å². The fraction of sp³-hybridized carbons (Fsp3) is 0.621. The van der Waals surface area contributed by atoms with E-state index in [9.17, 15) is 4.79 Å². The van der Waals surface area contributed by atoms with Crippen molar-refractivity contribution in [3.05, 3.63) is 24.8 Å². The summed E-state index contributed by atoms with van der Waals surface area (Å²) in [4.78, 5) is 25.7. The van der Waals surface area contributed by atoms with E-state index in [1.54, 1.807) is 13.3 Å². The highest BCUT2D eigenvalue weighted by Crippen LogP contribution is 2.57. The van der Waals surface area contributed by atoms with Gasteiger partial charge in [-0.3, -0.25) is 4.79 Å². The molecule has 0 saturated carbocycles. The van der Waals surface area contributed by atoms with Gasteiger partial charge >= 0.3 is 0 Å². The average Bonchev–Trinajstić information content (AvgIpc) is 3.18. The Bertz CT molecular complexity index is 1070. The summed E-state index contributed by atoms with van der Waals surface area (Å²) in [5, 5.41) is 10.3. The van der Waals surface area contributed by atoms with Crippen molar-refractivity contribution in [3.63, 3.8) is 0 Å². The number of nitrogens with zero attached hydrogens (tertiary/aromatic N) is 4. The van der Waals surface area contributed by atoms with Crippen LogP contribution in [0, 0.1) is 5.92 Å². The minimum Gasteiger partial charge on any atom is -0.494 e. The standard InChI is InChI=1S/C29H47BN7O2/c1-9-26(38)34-22-18-23(25(39-8)19-24(22)37(7)17-16-36(5)6)35-27(31-10-2)32-20-33-29-13-11-12-28(30-29,14-15-29)21(3)4/h9-10,18-19,21,33H,1,11-17,20H2,2-8H3,(H,32,35)(H,34,38). The van der Waals surface area contributed by atoms with Gasteiger partial charge in [-0.15, -0.1) is 0 Å². The third-order valence-corrected chi connectivity index (χ3v) is 8.23. The first kappa shape index (κ1) is 30.7. The van der Waals surface area contributed by atoms with Gasteiger partial charge in [-0.2, -0.15) is 0 Å². The number of rotatable bonds is 12. The number of fused-ring (bicyclic) bond motifs is 2. The van der Waals surface area contributed by atoms with E-state index in [1.807, 2.05) is 40.2 Å². The number of carbonyl (C=O) groups is 1. The highest BCUT2D eigenvalue weighted by Gasteiger charge is 2.52. The van der Waals surface area contributed by atoms with Crippen LogP contribution in [0.25, 0.3) is 0 Å². The van der Waals surface area contributed by atoms with Crippen molar-refractivity contribution in [2.24, 2.45) is 15.9 Å². The molecule has 2 bridgehead atoms. The van der Waals surface area contributed by atoms with Crippen molar-refractivity contribution < 1.29 is 9.53 Å². The third-order valence-electron chi connectivity index (χ3n) is 8.23. The zero-order chi connectivity index (χ0) is 28.6. The minimum absolute atomic E-state index is 0.0473. The lowest BCUT2D eigenvalue weighted by Gasteiger charge is -2.41. The van der Waals surface area contributed by atoms with Crippen LogP contribution in [0.5, 0.6) is 5.75 Å². The number of carbonyl (C=O) groups excluding carboxylic acids is 1. The number of anilines is 3. The molecule has 213 valence electrons. The SMILES string of the molecule is C=CC(=O)Nc1cc(NC(N=CC)=NCNC23[B]C(C(C)C)(CCC2)CC3)c(OC)cc1N(C)CCN(C)C. The second kappa shape index (κ2) is 13.5. The van der Waals surface area contributed by atoms with Gasteiger partial charge in [0.25, 0.3) is 0 Å². The highest BCUT2D eigenvalue weighted by molar-refractivity contribution is 6.46. The molecule has 2 saturated heterocycles. The lowest BCUT2D eigenvalue weighted by molar-refractivity contribution is -0.111. The molecule has 2 aliphatic heterocycles. The quantitative estimate of drug-likeness (QED) is 0.159. The maximum absolute atomic E-state index is 12.3. The Morgan fingerprint density at radius 2 is 1.92 bits per heavy atom. The molecule has 0 aliphatic carbocycles. The van der Waals surface area contributed by atoms with E-state index < -0.39 is 0 Å². The molecular formula is C29H47BN7O2. The summed E-state index contributed by atoms with van der Waals surface area (Å²) in [5.41, 5.74) is 2.20. The molecule has 3 N–H and O–H groups in total. The normalized spacial score (nSPS) is 22.7. The molecule has 1 aromatic carbocycles. The van der Waals surface area contributed by atoms with E-state index >= 15 is 0 Å². The van der Waals surface area contributed by atoms with Crippen molar-refractivity contribution in [2.45, 2.75) is 63.6 Å². The first-order valence-electron chi connectivity index (χ1n) is 14.0. The molecule has 9 nitrogen and oxygen atoms in total. The maximum atomic E-state index is 12.3. The van der Waals surface area contributed by atoms with Crippen LogP contribution in [-0.4, -0.2) is 83.7 Å². The summed E-state index contributed by atoms with van der Waals surface area (Å²) in [7, 11) is 10.3. The highest BCUT2D eigenvalue weighted by atomic mass is 16.5. The number of hydrogen-bond acceptors (Lipinski definition) is 6. The summed E-state index contributed by atoms with van der Waals surface area (Å²) < 4.78 is 5.74. The number of nitrogens with one attached hydrogen (secondary N) is 3. The predicted octanol–water partition coefficient (Wildman–Crippen LogP) is 4.42. The molecule has 2 atom stereocenters. The number of likely N-dealkylation sites (N-methyl/N-ethyl adjacent to an activating group) is 2. The maximum Gasteiger partial charge on any atom is 0.247 e. The van der Waals surface area contributed by atoms with Gasteiger partial charge in [0.15, 0.2) is 0 Å². The molecule has 39 heavy (non-hydrogen) atoms.